The van der Waals surface area contributed by atoms with Crippen molar-refractivity contribution < 1.29 is 52.2 Å². The lowest BCUT2D eigenvalue weighted by Crippen LogP contribution is -2.30. The largest absolute Gasteiger partial charge is 0.472 e. The number of carbonyl (C=O) groups excluding carboxylic acids is 3. The molecule has 11 nitrogen and oxygen atoms in total. The molecule has 3 unspecified atom stereocenters. The van der Waals surface area contributed by atoms with Gasteiger partial charge in [0, 0.05) is 12.8 Å². The number of ether oxygens (including phenoxy) is 3. The summed E-state index contributed by atoms with van der Waals surface area (Å²) in [5.74, 6) is -1.70. The van der Waals surface area contributed by atoms with Crippen LogP contribution in [0.2, 0.25) is 0 Å². The molecule has 2 N–H and O–H groups in total. The van der Waals surface area contributed by atoms with Crippen molar-refractivity contribution in [2.45, 2.75) is 200 Å². The van der Waals surface area contributed by atoms with Gasteiger partial charge in [-0.1, -0.05) is 187 Å². The zero-order chi connectivity index (χ0) is 52.7. The SMILES string of the molecule is CC/C=C\C/C=C\C/C=C\C/C=C\C/C=C\CC(=O)OC(COC(=O)CCCC/C=C\C/C=C\C/C=C\C/C=C\CC)COP(=O)(O)OCC(CO)OC(=O)CCCCCCC/C=C\C/C=C\CCCCC. The van der Waals surface area contributed by atoms with Gasteiger partial charge in [0.25, 0.3) is 0 Å². The Balaban J connectivity index is 4.93. The molecule has 0 radical (unpaired) electrons. The van der Waals surface area contributed by atoms with Crippen LogP contribution in [0.3, 0.4) is 0 Å². The summed E-state index contributed by atoms with van der Waals surface area (Å²) in [6, 6.07) is 0. The molecule has 0 aliphatic rings. The molecule has 0 aromatic carbocycles. The Morgan fingerprint density at radius 2 is 0.778 bits per heavy atom. The minimum absolute atomic E-state index is 0.0821. The van der Waals surface area contributed by atoms with E-state index in [4.69, 9.17) is 23.3 Å². The summed E-state index contributed by atoms with van der Waals surface area (Å²) in [5, 5.41) is 9.79. The minimum Gasteiger partial charge on any atom is -0.462 e. The molecule has 0 rings (SSSR count). The summed E-state index contributed by atoms with van der Waals surface area (Å²) < 4.78 is 39.2. The second kappa shape index (κ2) is 52.9. The van der Waals surface area contributed by atoms with E-state index in [9.17, 15) is 28.9 Å². The number of phosphoric acid groups is 1. The van der Waals surface area contributed by atoms with Crippen LogP contribution in [0.1, 0.15) is 188 Å². The van der Waals surface area contributed by atoms with Crippen molar-refractivity contribution in [3.8, 4) is 0 Å². The summed E-state index contributed by atoms with van der Waals surface area (Å²) in [6.07, 6.45) is 65.9. The molecular weight excluding hydrogens is 928 g/mol. The molecule has 72 heavy (non-hydrogen) atoms. The Hall–Kier alpha value is -4.38. The fourth-order valence-corrected chi connectivity index (χ4v) is 7.29. The fraction of sp³-hybridized carbons (Fsp3) is 0.583. The van der Waals surface area contributed by atoms with E-state index in [1.165, 1.54) is 19.3 Å². The van der Waals surface area contributed by atoms with Gasteiger partial charge in [-0.2, -0.15) is 0 Å². The number of hydrogen-bond acceptors (Lipinski definition) is 10. The summed E-state index contributed by atoms with van der Waals surface area (Å²) in [4.78, 5) is 48.3. The first-order valence-corrected chi connectivity index (χ1v) is 28.6. The molecule has 0 saturated carbocycles. The minimum atomic E-state index is -4.79. The zero-order valence-electron chi connectivity index (χ0n) is 44.6. The van der Waals surface area contributed by atoms with E-state index in [0.29, 0.717) is 19.3 Å². The van der Waals surface area contributed by atoms with Crippen molar-refractivity contribution in [1.82, 2.24) is 0 Å². The highest BCUT2D eigenvalue weighted by molar-refractivity contribution is 7.47. The van der Waals surface area contributed by atoms with Gasteiger partial charge in [-0.15, -0.1) is 0 Å². The van der Waals surface area contributed by atoms with Crippen LogP contribution in [0, 0.1) is 0 Å². The maximum absolute atomic E-state index is 12.9. The standard InChI is InChI=1S/C60H95O11P/c1-4-7-10-13-16-19-22-25-28-31-34-37-40-43-46-49-58(62)67-53-57(71-60(64)51-48-45-42-39-36-33-30-27-24-21-18-15-12-9-6-3)55-69-72(65,66)68-54-56(52-61)70-59(63)50-47-44-41-38-35-32-29-26-23-20-17-14-11-8-5-2/h7,9-10,12,16-21,25-30,34,36-37,39,45,48,56-57,61H,4-6,8,11,13-15,22-24,31-33,35,38,40-44,46-47,49-55H2,1-3H3,(H,65,66)/b10-7-,12-9-,19-16-,20-17-,21-18-,28-25-,29-26-,30-27-,37-34-,39-36-,48-45-. The summed E-state index contributed by atoms with van der Waals surface area (Å²) in [7, 11) is -4.79. The second-order valence-electron chi connectivity index (χ2n) is 17.3. The van der Waals surface area contributed by atoms with Crippen LogP contribution in [-0.2, 0) is 42.2 Å². The van der Waals surface area contributed by atoms with E-state index in [0.717, 1.165) is 109 Å². The third kappa shape index (κ3) is 50.6. The normalized spacial score (nSPS) is 14.5. The highest BCUT2D eigenvalue weighted by Gasteiger charge is 2.28. The number of hydrogen-bond donors (Lipinski definition) is 2. The second-order valence-corrected chi connectivity index (χ2v) is 18.7. The lowest BCUT2D eigenvalue weighted by molar-refractivity contribution is -0.160. The van der Waals surface area contributed by atoms with Crippen LogP contribution < -0.4 is 0 Å². The first kappa shape index (κ1) is 67.6. The lowest BCUT2D eigenvalue weighted by Gasteiger charge is -2.21. The van der Waals surface area contributed by atoms with Crippen LogP contribution in [0.4, 0.5) is 0 Å². The number of aliphatic hydroxyl groups is 1. The molecule has 0 aliphatic heterocycles. The van der Waals surface area contributed by atoms with E-state index in [1.807, 2.05) is 18.2 Å². The van der Waals surface area contributed by atoms with Gasteiger partial charge < -0.3 is 24.2 Å². The number of phosphoric ester groups is 1. The van der Waals surface area contributed by atoms with Crippen LogP contribution in [-0.4, -0.2) is 66.5 Å². The number of rotatable bonds is 48. The molecular formula is C60H95O11P. The van der Waals surface area contributed by atoms with Gasteiger partial charge in [0.2, 0.25) is 0 Å². The maximum Gasteiger partial charge on any atom is 0.472 e. The third-order valence-corrected chi connectivity index (χ3v) is 11.5. The molecule has 0 fully saturated rings. The van der Waals surface area contributed by atoms with Crippen molar-refractivity contribution in [1.29, 1.82) is 0 Å². The van der Waals surface area contributed by atoms with Gasteiger partial charge in [-0.05, 0) is 116 Å². The Kier molecular flexibility index (Phi) is 49.7. The molecule has 0 amide bonds. The maximum atomic E-state index is 12.9. The first-order chi connectivity index (χ1) is 35.2. The van der Waals surface area contributed by atoms with Gasteiger partial charge in [-0.25, -0.2) is 4.57 Å². The number of esters is 3. The van der Waals surface area contributed by atoms with E-state index in [1.54, 1.807) is 6.08 Å². The van der Waals surface area contributed by atoms with Crippen LogP contribution in [0.25, 0.3) is 0 Å². The van der Waals surface area contributed by atoms with E-state index in [-0.39, 0.29) is 19.3 Å². The molecule has 0 aliphatic carbocycles. The molecule has 0 aromatic heterocycles. The van der Waals surface area contributed by atoms with Crippen molar-refractivity contribution in [2.24, 2.45) is 0 Å². The third-order valence-electron chi connectivity index (χ3n) is 10.6. The zero-order valence-corrected chi connectivity index (χ0v) is 45.5. The van der Waals surface area contributed by atoms with E-state index >= 15 is 0 Å². The van der Waals surface area contributed by atoms with Crippen LogP contribution in [0.15, 0.2) is 134 Å². The molecule has 0 bridgehead atoms. The molecule has 406 valence electrons. The average molecular weight is 1020 g/mol. The summed E-state index contributed by atoms with van der Waals surface area (Å²) >= 11 is 0. The Labute approximate surface area is 436 Å². The molecule has 0 aromatic rings. The first-order valence-electron chi connectivity index (χ1n) is 27.1. The van der Waals surface area contributed by atoms with Crippen molar-refractivity contribution >= 4 is 25.7 Å². The van der Waals surface area contributed by atoms with Gasteiger partial charge >= 0.3 is 25.7 Å². The van der Waals surface area contributed by atoms with Crippen molar-refractivity contribution in [3.63, 3.8) is 0 Å². The Morgan fingerprint density at radius 3 is 1.25 bits per heavy atom. The van der Waals surface area contributed by atoms with Crippen molar-refractivity contribution in [2.75, 3.05) is 26.4 Å². The number of allylic oxidation sites excluding steroid dienone is 21. The van der Waals surface area contributed by atoms with Crippen LogP contribution in [0.5, 0.6) is 0 Å². The summed E-state index contributed by atoms with van der Waals surface area (Å²) in [6.45, 7) is 4.18. The predicted molar refractivity (Wildman–Crippen MR) is 297 cm³/mol. The molecule has 12 heteroatoms. The fourth-order valence-electron chi connectivity index (χ4n) is 6.51. The predicted octanol–water partition coefficient (Wildman–Crippen LogP) is 15.8. The Morgan fingerprint density at radius 1 is 0.417 bits per heavy atom. The lowest BCUT2D eigenvalue weighted by atomic mass is 10.1. The topological polar surface area (TPSA) is 155 Å². The molecule has 0 saturated heterocycles. The Bertz CT molecular complexity index is 1710. The molecule has 3 atom stereocenters. The highest BCUT2D eigenvalue weighted by atomic mass is 31.2. The van der Waals surface area contributed by atoms with Gasteiger partial charge in [-0.3, -0.25) is 23.4 Å². The van der Waals surface area contributed by atoms with Gasteiger partial charge in [0.05, 0.1) is 26.2 Å². The number of aliphatic hydroxyl groups excluding tert-OH is 1. The number of unbranched alkanes of at least 4 members (excludes halogenated alkanes) is 10. The smallest absolute Gasteiger partial charge is 0.462 e. The molecule has 0 heterocycles. The van der Waals surface area contributed by atoms with E-state index < -0.39 is 64.4 Å². The van der Waals surface area contributed by atoms with E-state index in [2.05, 4.69) is 130 Å². The highest BCUT2D eigenvalue weighted by Crippen LogP contribution is 2.43. The van der Waals surface area contributed by atoms with Crippen LogP contribution >= 0.6 is 7.82 Å². The van der Waals surface area contributed by atoms with Crippen molar-refractivity contribution in [3.05, 3.63) is 134 Å². The van der Waals surface area contributed by atoms with Gasteiger partial charge in [0.1, 0.15) is 12.7 Å². The monoisotopic (exact) mass is 1020 g/mol. The average Bonchev–Trinajstić information content (AvgIpc) is 3.37. The number of carbonyl (C=O) groups is 3. The van der Waals surface area contributed by atoms with Gasteiger partial charge in [0.15, 0.2) is 6.10 Å². The molecule has 0 spiro atoms. The summed E-state index contributed by atoms with van der Waals surface area (Å²) in [5.41, 5.74) is 0. The quantitative estimate of drug-likeness (QED) is 0.0197.